The van der Waals surface area contributed by atoms with Crippen LogP contribution in [0.25, 0.3) is 0 Å². The fourth-order valence-corrected chi connectivity index (χ4v) is 3.54. The summed E-state index contributed by atoms with van der Waals surface area (Å²) in [6.07, 6.45) is 11.2. The smallest absolute Gasteiger partial charge is 0.149 e. The number of piperidine rings is 1. The number of nitrogens with zero attached hydrogens (tertiary/aromatic N) is 7. The molecule has 3 rings (SSSR count). The molecule has 1 saturated heterocycles. The van der Waals surface area contributed by atoms with Gasteiger partial charge in [0.2, 0.25) is 0 Å². The third-order valence-electron chi connectivity index (χ3n) is 4.93. The van der Waals surface area contributed by atoms with Crippen LogP contribution in [-0.2, 0) is 6.54 Å². The van der Waals surface area contributed by atoms with Gasteiger partial charge in [-0.15, -0.1) is 0 Å². The normalized spacial score (nSPS) is 17.7. The second-order valence-electron chi connectivity index (χ2n) is 7.55. The van der Waals surface area contributed by atoms with Crippen LogP contribution in [0, 0.1) is 0 Å². The molecule has 0 radical (unpaired) electrons. The maximum Gasteiger partial charge on any atom is 0.149 e. The Labute approximate surface area is 156 Å². The summed E-state index contributed by atoms with van der Waals surface area (Å²) in [6.45, 7) is 4.11. The zero-order chi connectivity index (χ0) is 18.5. The molecule has 0 spiro atoms. The van der Waals surface area contributed by atoms with E-state index in [4.69, 9.17) is 4.98 Å². The number of rotatable bonds is 7. The number of hydrogen-bond donors (Lipinski definition) is 0. The number of aryl methyl sites for hydroxylation is 1. The molecule has 0 bridgehead atoms. The number of imidazole rings is 1. The van der Waals surface area contributed by atoms with Crippen LogP contribution in [0.15, 0.2) is 24.8 Å². The van der Waals surface area contributed by atoms with Crippen molar-refractivity contribution in [1.82, 2.24) is 24.4 Å². The van der Waals surface area contributed by atoms with Gasteiger partial charge >= 0.3 is 0 Å². The predicted octanol–water partition coefficient (Wildman–Crippen LogP) is 2.07. The summed E-state index contributed by atoms with van der Waals surface area (Å²) in [4.78, 5) is 20.4. The Kier molecular flexibility index (Phi) is 6.08. The van der Waals surface area contributed by atoms with Crippen LogP contribution in [0.4, 0.5) is 11.6 Å². The van der Waals surface area contributed by atoms with Crippen molar-refractivity contribution < 1.29 is 0 Å². The fraction of sp³-hybridized carbons (Fsp3) is 0.632. The Morgan fingerprint density at radius 1 is 1.19 bits per heavy atom. The average Bonchev–Trinajstić information content (AvgIpc) is 3.10. The average molecular weight is 358 g/mol. The fourth-order valence-electron chi connectivity index (χ4n) is 3.54. The first-order valence-electron chi connectivity index (χ1n) is 9.44. The minimum atomic E-state index is 0.447. The van der Waals surface area contributed by atoms with Crippen LogP contribution in [0.1, 0.15) is 31.0 Å². The molecule has 0 N–H and O–H groups in total. The highest BCUT2D eigenvalue weighted by molar-refractivity contribution is 5.45. The molecule has 2 aromatic heterocycles. The minimum Gasteiger partial charge on any atom is -0.361 e. The Morgan fingerprint density at radius 3 is 2.81 bits per heavy atom. The van der Waals surface area contributed by atoms with Crippen molar-refractivity contribution >= 4 is 11.6 Å². The second-order valence-corrected chi connectivity index (χ2v) is 7.55. The summed E-state index contributed by atoms with van der Waals surface area (Å²) in [5, 5.41) is 0. The molecule has 7 nitrogen and oxygen atoms in total. The SMILES string of the molecule is CN(C)CCCn1ccnc1C1CCCN(c2cncc(N(C)C)n2)C1. The Morgan fingerprint density at radius 2 is 2.04 bits per heavy atom. The summed E-state index contributed by atoms with van der Waals surface area (Å²) in [5.74, 6) is 3.52. The first-order valence-corrected chi connectivity index (χ1v) is 9.44. The van der Waals surface area contributed by atoms with Gasteiger partial charge in [0.1, 0.15) is 17.5 Å². The van der Waals surface area contributed by atoms with Crippen LogP contribution in [0.2, 0.25) is 0 Å². The molecule has 26 heavy (non-hydrogen) atoms. The van der Waals surface area contributed by atoms with Gasteiger partial charge in [-0.05, 0) is 39.9 Å². The van der Waals surface area contributed by atoms with E-state index in [1.165, 1.54) is 12.2 Å². The maximum absolute atomic E-state index is 4.76. The highest BCUT2D eigenvalue weighted by Gasteiger charge is 2.25. The molecule has 0 aromatic carbocycles. The van der Waals surface area contributed by atoms with Gasteiger partial charge in [-0.25, -0.2) is 9.97 Å². The molecule has 0 amide bonds. The van der Waals surface area contributed by atoms with Gasteiger partial charge in [0.25, 0.3) is 0 Å². The third-order valence-corrected chi connectivity index (χ3v) is 4.93. The number of anilines is 2. The zero-order valence-electron chi connectivity index (χ0n) is 16.5. The summed E-state index contributed by atoms with van der Waals surface area (Å²) in [5.41, 5.74) is 0. The van der Waals surface area contributed by atoms with E-state index in [1.54, 1.807) is 0 Å². The van der Waals surface area contributed by atoms with Crippen molar-refractivity contribution in [1.29, 1.82) is 0 Å². The highest BCUT2D eigenvalue weighted by atomic mass is 15.2. The van der Waals surface area contributed by atoms with Gasteiger partial charge < -0.3 is 19.3 Å². The third kappa shape index (κ3) is 4.52. The molecule has 1 atom stereocenters. The van der Waals surface area contributed by atoms with E-state index in [9.17, 15) is 0 Å². The van der Waals surface area contributed by atoms with Crippen molar-refractivity contribution in [3.8, 4) is 0 Å². The van der Waals surface area contributed by atoms with E-state index in [1.807, 2.05) is 37.6 Å². The van der Waals surface area contributed by atoms with E-state index in [2.05, 4.69) is 44.6 Å². The monoisotopic (exact) mass is 357 g/mol. The van der Waals surface area contributed by atoms with E-state index in [-0.39, 0.29) is 0 Å². The van der Waals surface area contributed by atoms with Gasteiger partial charge in [0, 0.05) is 52.0 Å². The van der Waals surface area contributed by atoms with Crippen molar-refractivity contribution in [2.24, 2.45) is 0 Å². The van der Waals surface area contributed by atoms with Gasteiger partial charge in [-0.2, -0.15) is 0 Å². The van der Waals surface area contributed by atoms with Crippen LogP contribution in [-0.4, -0.2) is 72.2 Å². The number of hydrogen-bond acceptors (Lipinski definition) is 6. The highest BCUT2D eigenvalue weighted by Crippen LogP contribution is 2.28. The molecular formula is C19H31N7. The molecule has 2 aromatic rings. The van der Waals surface area contributed by atoms with Crippen LogP contribution in [0.5, 0.6) is 0 Å². The van der Waals surface area contributed by atoms with Gasteiger partial charge in [0.05, 0.1) is 12.4 Å². The van der Waals surface area contributed by atoms with Crippen LogP contribution < -0.4 is 9.80 Å². The van der Waals surface area contributed by atoms with Gasteiger partial charge in [-0.1, -0.05) is 0 Å². The van der Waals surface area contributed by atoms with Crippen LogP contribution >= 0.6 is 0 Å². The number of aromatic nitrogens is 4. The first kappa shape index (κ1) is 18.6. The molecule has 1 aliphatic rings. The zero-order valence-corrected chi connectivity index (χ0v) is 16.5. The van der Waals surface area contributed by atoms with E-state index in [0.717, 1.165) is 50.7 Å². The minimum absolute atomic E-state index is 0.447. The van der Waals surface area contributed by atoms with E-state index < -0.39 is 0 Å². The lowest BCUT2D eigenvalue weighted by molar-refractivity contribution is 0.380. The molecule has 0 aliphatic carbocycles. The molecule has 0 saturated carbocycles. The van der Waals surface area contributed by atoms with E-state index >= 15 is 0 Å². The molecule has 142 valence electrons. The molecule has 1 unspecified atom stereocenters. The molecule has 1 fully saturated rings. The Balaban J connectivity index is 1.69. The van der Waals surface area contributed by atoms with Crippen molar-refractivity contribution in [3.63, 3.8) is 0 Å². The van der Waals surface area contributed by atoms with Gasteiger partial charge in [0.15, 0.2) is 0 Å². The van der Waals surface area contributed by atoms with Crippen molar-refractivity contribution in [3.05, 3.63) is 30.6 Å². The standard InChI is InChI=1S/C19H31N7/c1-23(2)9-6-11-25-12-8-21-19(25)16-7-5-10-26(15-16)18-14-20-13-17(22-18)24(3)4/h8,12-14,16H,5-7,9-11,15H2,1-4H3. The summed E-state index contributed by atoms with van der Waals surface area (Å²) in [7, 11) is 8.24. The lowest BCUT2D eigenvalue weighted by Gasteiger charge is -2.33. The maximum atomic E-state index is 4.76. The summed E-state index contributed by atoms with van der Waals surface area (Å²) in [6, 6.07) is 0. The van der Waals surface area contributed by atoms with Gasteiger partial charge in [-0.3, -0.25) is 4.98 Å². The second kappa shape index (κ2) is 8.49. The Hall–Kier alpha value is -2.15. The lowest BCUT2D eigenvalue weighted by Crippen LogP contribution is -2.36. The molecular weight excluding hydrogens is 326 g/mol. The van der Waals surface area contributed by atoms with Crippen LogP contribution in [0.3, 0.4) is 0 Å². The summed E-state index contributed by atoms with van der Waals surface area (Å²) < 4.78 is 2.33. The Bertz CT molecular complexity index is 695. The molecule has 1 aliphatic heterocycles. The van der Waals surface area contributed by atoms with E-state index in [0.29, 0.717) is 5.92 Å². The largest absolute Gasteiger partial charge is 0.361 e. The molecule has 3 heterocycles. The van der Waals surface area contributed by atoms with Crippen molar-refractivity contribution in [2.75, 3.05) is 57.6 Å². The molecule has 7 heteroatoms. The topological polar surface area (TPSA) is 53.3 Å². The summed E-state index contributed by atoms with van der Waals surface area (Å²) >= 11 is 0. The lowest BCUT2D eigenvalue weighted by atomic mass is 9.97. The quantitative estimate of drug-likeness (QED) is 0.756. The van der Waals surface area contributed by atoms with Crippen molar-refractivity contribution in [2.45, 2.75) is 31.7 Å². The first-order chi connectivity index (χ1) is 12.5. The predicted molar refractivity (Wildman–Crippen MR) is 106 cm³/mol.